The highest BCUT2D eigenvalue weighted by atomic mass is 35.5. The zero-order valence-electron chi connectivity index (χ0n) is 30.9. The first-order valence-corrected chi connectivity index (χ1v) is 21.3. The number of methoxy groups -OCH3 is 1. The molecule has 1 saturated carbocycles. The van der Waals surface area contributed by atoms with Crippen molar-refractivity contribution in [1.29, 1.82) is 0 Å². The Hall–Kier alpha value is -2.63. The number of anilines is 1. The molecule has 6 atom stereocenters. The topological polar surface area (TPSA) is 97.4 Å². The summed E-state index contributed by atoms with van der Waals surface area (Å²) < 4.78 is 49.0. The molecule has 2 saturated heterocycles. The van der Waals surface area contributed by atoms with Crippen LogP contribution in [0.25, 0.3) is 0 Å². The summed E-state index contributed by atoms with van der Waals surface area (Å²) in [6, 6.07) is 11.7. The highest BCUT2D eigenvalue weighted by Crippen LogP contribution is 2.50. The van der Waals surface area contributed by atoms with E-state index in [-0.39, 0.29) is 22.9 Å². The van der Waals surface area contributed by atoms with Gasteiger partial charge in [-0.15, -0.1) is 0 Å². The molecule has 4 aliphatic heterocycles. The minimum Gasteiger partial charge on any atom is -0.490 e. The van der Waals surface area contributed by atoms with Crippen molar-refractivity contribution >= 4 is 33.2 Å². The number of halogens is 1. The normalized spacial score (nSPS) is 34.8. The Kier molecular flexibility index (Phi) is 9.72. The molecule has 2 aliphatic carbocycles. The number of piperidine rings is 1. The van der Waals surface area contributed by atoms with Gasteiger partial charge < -0.3 is 19.1 Å². The van der Waals surface area contributed by atoms with E-state index >= 15 is 0 Å². The van der Waals surface area contributed by atoms with Crippen LogP contribution in [0.3, 0.4) is 0 Å². The summed E-state index contributed by atoms with van der Waals surface area (Å²) in [5.41, 5.74) is 2.98. The summed E-state index contributed by atoms with van der Waals surface area (Å²) in [5, 5.41) is -0.0260. The lowest BCUT2D eigenvalue weighted by molar-refractivity contribution is -0.178. The Morgan fingerprint density at radius 1 is 1.06 bits per heavy atom. The maximum Gasteiger partial charge on any atom is 0.264 e. The predicted molar refractivity (Wildman–Crippen MR) is 204 cm³/mol. The number of amides is 1. The molecular formula is C41H54ClN3O6S. The first kappa shape index (κ1) is 36.4. The van der Waals surface area contributed by atoms with Crippen LogP contribution in [-0.2, 0) is 31.3 Å². The molecule has 2 spiro atoms. The number of aryl methyl sites for hydroxylation is 1. The van der Waals surface area contributed by atoms with Gasteiger partial charge in [-0.1, -0.05) is 36.7 Å². The Labute approximate surface area is 314 Å². The summed E-state index contributed by atoms with van der Waals surface area (Å²) >= 11 is 6.50. The molecule has 2 bridgehead atoms. The van der Waals surface area contributed by atoms with Crippen molar-refractivity contribution in [1.82, 2.24) is 9.62 Å². The molecule has 282 valence electrons. The number of hydrogen-bond donors (Lipinski definition) is 1. The third-order valence-electron chi connectivity index (χ3n) is 13.8. The van der Waals surface area contributed by atoms with Crippen LogP contribution >= 0.6 is 11.6 Å². The van der Waals surface area contributed by atoms with Crippen LogP contribution in [-0.4, -0.2) is 88.7 Å². The molecule has 6 aliphatic rings. The number of nitrogens with zero attached hydrogens (tertiary/aromatic N) is 2. The van der Waals surface area contributed by atoms with Crippen molar-refractivity contribution in [2.24, 2.45) is 17.8 Å². The summed E-state index contributed by atoms with van der Waals surface area (Å²) in [5.74, 6) is 0.494. The molecule has 4 heterocycles. The van der Waals surface area contributed by atoms with Crippen LogP contribution in [0.5, 0.6) is 5.75 Å². The lowest BCUT2D eigenvalue weighted by Crippen LogP contribution is -2.59. The average molecular weight is 752 g/mol. The van der Waals surface area contributed by atoms with Gasteiger partial charge in [0.05, 0.1) is 29.8 Å². The third-order valence-corrected chi connectivity index (χ3v) is 16.0. The standard InChI is InChI=1S/C41H54ClN3O6S/c1-28-6-4-15-41(49-3,26-44-19-16-40(17-20-44)18-21-51-40)35-11-8-32(35)24-45-25-39(14-5-7-30-22-33(42)10-12-34(30)39)27-50-37-13-9-31(23-36(37)45)38(46)43-52(47,48)29(28)2/h4,9-10,12-13,15,22-23,28-29,32,35H,5-8,11,14,16-21,24-27H2,1-3H3,(H,43,46)/b15-4+/t28-,29+,32-,35+,39-,41-/m0/s1. The Morgan fingerprint density at radius 2 is 1.87 bits per heavy atom. The molecule has 0 aromatic heterocycles. The van der Waals surface area contributed by atoms with E-state index in [0.29, 0.717) is 24.5 Å². The van der Waals surface area contributed by atoms with E-state index in [9.17, 15) is 13.2 Å². The molecule has 9 nitrogen and oxygen atoms in total. The highest BCUT2D eigenvalue weighted by molar-refractivity contribution is 7.90. The summed E-state index contributed by atoms with van der Waals surface area (Å²) in [4.78, 5) is 18.6. The second kappa shape index (κ2) is 13.9. The second-order valence-electron chi connectivity index (χ2n) is 16.7. The molecule has 1 N–H and O–H groups in total. The number of fused-ring (bicyclic) bond motifs is 4. The van der Waals surface area contributed by atoms with Gasteiger partial charge in [-0.05, 0) is 124 Å². The Bertz CT molecular complexity index is 1820. The van der Waals surface area contributed by atoms with Gasteiger partial charge in [0.1, 0.15) is 11.4 Å². The number of nitrogens with one attached hydrogen (secondary N) is 1. The van der Waals surface area contributed by atoms with E-state index in [0.717, 1.165) is 107 Å². The number of rotatable bonds is 3. The fourth-order valence-corrected chi connectivity index (χ4v) is 11.5. The second-order valence-corrected chi connectivity index (χ2v) is 19.2. The lowest BCUT2D eigenvalue weighted by atomic mass is 9.63. The number of allylic oxidation sites excluding steroid dienone is 1. The minimum absolute atomic E-state index is 0.0681. The minimum atomic E-state index is -3.95. The van der Waals surface area contributed by atoms with Gasteiger partial charge in [0.2, 0.25) is 10.0 Å². The van der Waals surface area contributed by atoms with Crippen LogP contribution in [0.4, 0.5) is 5.69 Å². The predicted octanol–water partition coefficient (Wildman–Crippen LogP) is 6.52. The maximum absolute atomic E-state index is 13.6. The van der Waals surface area contributed by atoms with Crippen LogP contribution in [0, 0.1) is 17.8 Å². The van der Waals surface area contributed by atoms with Gasteiger partial charge in [0.15, 0.2) is 0 Å². The molecule has 1 amide bonds. The van der Waals surface area contributed by atoms with Gasteiger partial charge >= 0.3 is 0 Å². The smallest absolute Gasteiger partial charge is 0.264 e. The molecule has 0 unspecified atom stereocenters. The number of likely N-dealkylation sites (tertiary alicyclic amines) is 1. The summed E-state index contributed by atoms with van der Waals surface area (Å²) in [7, 11) is -2.10. The first-order chi connectivity index (χ1) is 24.9. The zero-order valence-corrected chi connectivity index (χ0v) is 32.4. The van der Waals surface area contributed by atoms with Gasteiger partial charge in [-0.3, -0.25) is 9.69 Å². The quantitative estimate of drug-likeness (QED) is 0.354. The summed E-state index contributed by atoms with van der Waals surface area (Å²) in [6.45, 7) is 9.26. The average Bonchev–Trinajstić information content (AvgIpc) is 3.25. The van der Waals surface area contributed by atoms with Crippen molar-refractivity contribution in [3.63, 3.8) is 0 Å². The van der Waals surface area contributed by atoms with Crippen LogP contribution in [0.15, 0.2) is 48.6 Å². The third kappa shape index (κ3) is 6.58. The van der Waals surface area contributed by atoms with Gasteiger partial charge in [-0.2, -0.15) is 0 Å². The molecular weight excluding hydrogens is 698 g/mol. The maximum atomic E-state index is 13.6. The van der Waals surface area contributed by atoms with Crippen molar-refractivity contribution in [3.05, 3.63) is 70.3 Å². The number of carbonyl (C=O) groups excluding carboxylic acids is 1. The molecule has 3 fully saturated rings. The molecule has 11 heteroatoms. The largest absolute Gasteiger partial charge is 0.490 e. The first-order valence-electron chi connectivity index (χ1n) is 19.4. The van der Waals surface area contributed by atoms with Gasteiger partial charge in [0.25, 0.3) is 5.91 Å². The van der Waals surface area contributed by atoms with Crippen LogP contribution in [0.2, 0.25) is 5.02 Å². The molecule has 2 aromatic carbocycles. The van der Waals surface area contributed by atoms with Crippen molar-refractivity contribution in [3.8, 4) is 5.75 Å². The molecule has 8 rings (SSSR count). The van der Waals surface area contributed by atoms with Gasteiger partial charge in [-0.25, -0.2) is 13.1 Å². The van der Waals surface area contributed by atoms with Crippen molar-refractivity contribution in [2.75, 3.05) is 57.9 Å². The SMILES string of the molecule is CO[C@]1(CN2CCC3(CCO3)CC2)/C=C/C[C@H](C)[C@@H](C)S(=O)(=O)NC(=O)c2ccc3c(c2)N(C[C@@H]2CC[C@H]21)C[C@@]1(CCCc2cc(Cl)ccc21)CO3. The van der Waals surface area contributed by atoms with Crippen LogP contribution in [0.1, 0.15) is 86.7 Å². The fraction of sp³-hybridized carbons (Fsp3) is 0.634. The zero-order chi connectivity index (χ0) is 36.3. The van der Waals surface area contributed by atoms with E-state index in [1.807, 2.05) is 32.2 Å². The number of hydrogen-bond acceptors (Lipinski definition) is 8. The Morgan fingerprint density at radius 3 is 2.58 bits per heavy atom. The van der Waals surface area contributed by atoms with E-state index < -0.39 is 26.8 Å². The monoisotopic (exact) mass is 751 g/mol. The number of benzene rings is 2. The van der Waals surface area contributed by atoms with Gasteiger partial charge in [0, 0.05) is 55.8 Å². The molecule has 52 heavy (non-hydrogen) atoms. The van der Waals surface area contributed by atoms with E-state index in [1.54, 1.807) is 13.0 Å². The Balaban J connectivity index is 1.18. The highest BCUT2D eigenvalue weighted by Gasteiger charge is 2.51. The van der Waals surface area contributed by atoms with E-state index in [1.165, 1.54) is 11.1 Å². The summed E-state index contributed by atoms with van der Waals surface area (Å²) in [6.07, 6.45) is 13.3. The van der Waals surface area contributed by atoms with Crippen molar-refractivity contribution < 1.29 is 27.4 Å². The number of ether oxygens (including phenoxy) is 3. The number of carbonyl (C=O) groups is 1. The number of sulfonamides is 1. The molecule has 0 radical (unpaired) electrons. The van der Waals surface area contributed by atoms with Crippen molar-refractivity contribution in [2.45, 2.75) is 93.5 Å². The van der Waals surface area contributed by atoms with Crippen LogP contribution < -0.4 is 14.4 Å². The fourth-order valence-electron chi connectivity index (χ4n) is 10.1. The lowest BCUT2D eigenvalue weighted by Gasteiger charge is -2.53. The van der Waals surface area contributed by atoms with E-state index in [4.69, 9.17) is 25.8 Å². The van der Waals surface area contributed by atoms with E-state index in [2.05, 4.69) is 38.8 Å². The molecule has 2 aromatic rings.